The second-order valence-corrected chi connectivity index (χ2v) is 15.2. The van der Waals surface area contributed by atoms with Crippen molar-refractivity contribution >= 4 is 67.4 Å². The number of rotatable bonds is 12. The average Bonchev–Trinajstić information content (AvgIpc) is 3.70. The van der Waals surface area contributed by atoms with Gasteiger partial charge in [-0.15, -0.1) is 22.7 Å². The number of carbonyl (C=O) groups excluding carboxylic acids is 1. The van der Waals surface area contributed by atoms with E-state index in [1.54, 1.807) is 11.3 Å². The Balaban J connectivity index is 1.35. The maximum atomic E-state index is 13.1. The number of sulfonamides is 1. The van der Waals surface area contributed by atoms with Gasteiger partial charge in [-0.1, -0.05) is 24.3 Å². The lowest BCUT2D eigenvalue weighted by atomic mass is 9.97. The SMILES string of the molecule is Cc1sc(C(=O)Nc2ccc(S(N)(=O)=O)cc2)cc1C1=C(c2cc(-c3ccc(CN(CC(=O)O)CC(=O)O)cc3)sc2C)CCC1. The standard InChI is InChI=1S/C33H33N3O7S3/c1-19-27(14-29(44-19)22-8-6-21(7-9-22)16-36(17-31(37)38)18-32(39)40)25-4-3-5-26(25)28-15-30(45-20(28)2)33(41)35-23-10-12-24(13-11-23)46(34,42)43/h6-15H,3-5,16-18H2,1-2H3,(H,35,41)(H,37,38)(H,39,40)(H2,34,42,43). The Labute approximate surface area is 274 Å². The molecule has 2 aromatic carbocycles. The number of carboxylic acid groups (broad SMARTS) is 2. The Morgan fingerprint density at radius 3 is 1.98 bits per heavy atom. The van der Waals surface area contributed by atoms with E-state index in [1.807, 2.05) is 37.3 Å². The van der Waals surface area contributed by atoms with Crippen LogP contribution in [0.3, 0.4) is 0 Å². The number of hydrogen-bond donors (Lipinski definition) is 4. The zero-order valence-electron chi connectivity index (χ0n) is 25.2. The third kappa shape index (κ3) is 7.80. The van der Waals surface area contributed by atoms with Gasteiger partial charge in [-0.2, -0.15) is 0 Å². The second kappa shape index (κ2) is 13.7. The van der Waals surface area contributed by atoms with Crippen molar-refractivity contribution in [3.8, 4) is 10.4 Å². The summed E-state index contributed by atoms with van der Waals surface area (Å²) in [4.78, 5) is 40.7. The molecule has 4 aromatic rings. The van der Waals surface area contributed by atoms with Crippen molar-refractivity contribution in [2.24, 2.45) is 5.14 Å². The number of primary sulfonamides is 1. The number of thiophene rings is 2. The highest BCUT2D eigenvalue weighted by molar-refractivity contribution is 7.89. The number of benzene rings is 2. The van der Waals surface area contributed by atoms with Gasteiger partial charge in [0.05, 0.1) is 22.9 Å². The van der Waals surface area contributed by atoms with Crippen LogP contribution < -0.4 is 10.5 Å². The van der Waals surface area contributed by atoms with Crippen LogP contribution in [0.2, 0.25) is 0 Å². The van der Waals surface area contributed by atoms with E-state index in [4.69, 9.17) is 15.4 Å². The average molecular weight is 680 g/mol. The maximum Gasteiger partial charge on any atom is 0.317 e. The lowest BCUT2D eigenvalue weighted by molar-refractivity contribution is -0.142. The number of aliphatic carboxylic acids is 2. The first kappa shape index (κ1) is 33.2. The van der Waals surface area contributed by atoms with Crippen LogP contribution in [0.25, 0.3) is 21.6 Å². The molecule has 0 saturated heterocycles. The van der Waals surface area contributed by atoms with E-state index in [2.05, 4.69) is 18.3 Å². The van der Waals surface area contributed by atoms with Crippen LogP contribution in [0.5, 0.6) is 0 Å². The Hall–Kier alpha value is -4.14. The number of carbonyl (C=O) groups is 3. The predicted octanol–water partition coefficient (Wildman–Crippen LogP) is 6.06. The van der Waals surface area contributed by atoms with Gasteiger partial charge in [0.25, 0.3) is 5.91 Å². The molecule has 10 nitrogen and oxygen atoms in total. The van der Waals surface area contributed by atoms with Gasteiger partial charge in [0, 0.05) is 26.9 Å². The largest absolute Gasteiger partial charge is 0.480 e. The molecule has 5 N–H and O–H groups in total. The molecule has 0 bridgehead atoms. The predicted molar refractivity (Wildman–Crippen MR) is 181 cm³/mol. The molecule has 1 aliphatic carbocycles. The van der Waals surface area contributed by atoms with Gasteiger partial charge in [-0.05, 0) is 103 Å². The highest BCUT2D eigenvalue weighted by Crippen LogP contribution is 2.46. The Bertz CT molecular complexity index is 1920. The van der Waals surface area contributed by atoms with Crippen LogP contribution in [-0.4, -0.2) is 54.5 Å². The number of aryl methyl sites for hydroxylation is 2. The zero-order valence-corrected chi connectivity index (χ0v) is 27.7. The molecule has 0 radical (unpaired) electrons. The molecule has 46 heavy (non-hydrogen) atoms. The summed E-state index contributed by atoms with van der Waals surface area (Å²) >= 11 is 3.12. The first-order chi connectivity index (χ1) is 21.8. The fourth-order valence-corrected chi connectivity index (χ4v) is 8.17. The van der Waals surface area contributed by atoms with Gasteiger partial charge in [0.2, 0.25) is 10.0 Å². The molecule has 0 spiro atoms. The number of nitrogens with one attached hydrogen (secondary N) is 1. The van der Waals surface area contributed by atoms with Crippen molar-refractivity contribution < 1.29 is 33.0 Å². The normalized spacial score (nSPS) is 13.4. The van der Waals surface area contributed by atoms with Gasteiger partial charge in [-0.25, -0.2) is 13.6 Å². The van der Waals surface area contributed by atoms with E-state index >= 15 is 0 Å². The topological polar surface area (TPSA) is 167 Å². The summed E-state index contributed by atoms with van der Waals surface area (Å²) in [6, 6.07) is 17.6. The van der Waals surface area contributed by atoms with Gasteiger partial charge < -0.3 is 15.5 Å². The van der Waals surface area contributed by atoms with Crippen LogP contribution in [0.4, 0.5) is 5.69 Å². The molecule has 0 atom stereocenters. The van der Waals surface area contributed by atoms with Crippen LogP contribution >= 0.6 is 22.7 Å². The monoisotopic (exact) mass is 679 g/mol. The van der Waals surface area contributed by atoms with E-state index in [9.17, 15) is 22.8 Å². The van der Waals surface area contributed by atoms with E-state index in [1.165, 1.54) is 62.1 Å². The fourth-order valence-electron chi connectivity index (χ4n) is 5.66. The van der Waals surface area contributed by atoms with E-state index in [0.29, 0.717) is 10.6 Å². The Morgan fingerprint density at radius 2 is 1.41 bits per heavy atom. The fraction of sp³-hybridized carbons (Fsp3) is 0.242. The minimum atomic E-state index is -3.82. The molecule has 13 heteroatoms. The number of nitrogens with zero attached hydrogens (tertiary/aromatic N) is 1. The third-order valence-electron chi connectivity index (χ3n) is 7.73. The van der Waals surface area contributed by atoms with Crippen molar-refractivity contribution in [3.63, 3.8) is 0 Å². The van der Waals surface area contributed by atoms with Crippen LogP contribution in [0.15, 0.2) is 65.6 Å². The van der Waals surface area contributed by atoms with Crippen molar-refractivity contribution in [2.75, 3.05) is 18.4 Å². The molecule has 5 rings (SSSR count). The number of nitrogens with two attached hydrogens (primary N) is 1. The van der Waals surface area contributed by atoms with Gasteiger partial charge in [-0.3, -0.25) is 19.3 Å². The Kier molecular flexibility index (Phi) is 9.89. The number of hydrogen-bond acceptors (Lipinski definition) is 8. The highest BCUT2D eigenvalue weighted by atomic mass is 32.2. The number of anilines is 1. The van der Waals surface area contributed by atoms with Crippen molar-refractivity contribution in [3.05, 3.63) is 92.0 Å². The molecule has 1 aliphatic rings. The molecule has 2 aromatic heterocycles. The summed E-state index contributed by atoms with van der Waals surface area (Å²) in [5.41, 5.74) is 7.10. The van der Waals surface area contributed by atoms with Crippen molar-refractivity contribution in [2.45, 2.75) is 44.6 Å². The molecular formula is C33H33N3O7S3. The van der Waals surface area contributed by atoms with Crippen molar-refractivity contribution in [1.82, 2.24) is 4.90 Å². The van der Waals surface area contributed by atoms with Crippen LogP contribution in [-0.2, 0) is 26.2 Å². The third-order valence-corrected chi connectivity index (χ3v) is 10.8. The van der Waals surface area contributed by atoms with Crippen LogP contribution in [0, 0.1) is 13.8 Å². The second-order valence-electron chi connectivity index (χ2n) is 11.1. The van der Waals surface area contributed by atoms with E-state index in [-0.39, 0.29) is 30.4 Å². The summed E-state index contributed by atoms with van der Waals surface area (Å²) in [5, 5.41) is 26.3. The minimum Gasteiger partial charge on any atom is -0.480 e. The molecule has 1 amide bonds. The summed E-state index contributed by atoms with van der Waals surface area (Å²) in [6.45, 7) is 3.63. The summed E-state index contributed by atoms with van der Waals surface area (Å²) in [5.74, 6) is -2.42. The summed E-state index contributed by atoms with van der Waals surface area (Å²) in [6.07, 6.45) is 2.85. The van der Waals surface area contributed by atoms with Gasteiger partial charge >= 0.3 is 11.9 Å². The first-order valence-corrected chi connectivity index (χ1v) is 17.6. The molecule has 0 saturated carbocycles. The maximum absolute atomic E-state index is 13.1. The number of carboxylic acids is 2. The molecule has 2 heterocycles. The summed E-state index contributed by atoms with van der Waals surface area (Å²) in [7, 11) is -3.82. The molecule has 0 fully saturated rings. The minimum absolute atomic E-state index is 0.0262. The Morgan fingerprint density at radius 1 is 0.848 bits per heavy atom. The highest BCUT2D eigenvalue weighted by Gasteiger charge is 2.24. The smallest absolute Gasteiger partial charge is 0.317 e. The summed E-state index contributed by atoms with van der Waals surface area (Å²) < 4.78 is 23.1. The quantitative estimate of drug-likeness (QED) is 0.140. The zero-order chi connectivity index (χ0) is 33.2. The number of allylic oxidation sites excluding steroid dienone is 2. The van der Waals surface area contributed by atoms with Gasteiger partial charge in [0.15, 0.2) is 0 Å². The van der Waals surface area contributed by atoms with Crippen molar-refractivity contribution in [1.29, 1.82) is 0 Å². The lowest BCUT2D eigenvalue weighted by Gasteiger charge is -2.18. The first-order valence-electron chi connectivity index (χ1n) is 14.4. The van der Waals surface area contributed by atoms with E-state index in [0.717, 1.165) is 45.7 Å². The van der Waals surface area contributed by atoms with Crippen LogP contribution in [0.1, 0.15) is 55.4 Å². The van der Waals surface area contributed by atoms with Gasteiger partial charge in [0.1, 0.15) is 0 Å². The molecule has 240 valence electrons. The number of amides is 1. The molecule has 0 aliphatic heterocycles. The molecule has 0 unspecified atom stereocenters. The lowest BCUT2D eigenvalue weighted by Crippen LogP contribution is -2.33. The molecular weight excluding hydrogens is 647 g/mol. The van der Waals surface area contributed by atoms with E-state index < -0.39 is 22.0 Å².